The Morgan fingerprint density at radius 2 is 2.56 bits per heavy atom. The average Bonchev–Trinajstić information content (AvgIpc) is 2.14. The monoisotopic (exact) mass is 129 g/mol. The van der Waals surface area contributed by atoms with Crippen molar-refractivity contribution in [2.45, 2.75) is 19.1 Å². The van der Waals surface area contributed by atoms with Crippen LogP contribution in [-0.4, -0.2) is 24.7 Å². The lowest BCUT2D eigenvalue weighted by Gasteiger charge is -2.13. The molecule has 1 aliphatic rings. The first-order valence-corrected chi connectivity index (χ1v) is 2.98. The summed E-state index contributed by atoms with van der Waals surface area (Å²) in [6, 6.07) is -0.0172. The molecule has 2 unspecified atom stereocenters. The van der Waals surface area contributed by atoms with E-state index < -0.39 is 0 Å². The van der Waals surface area contributed by atoms with E-state index in [2.05, 4.69) is 10.6 Å². The molecule has 1 saturated heterocycles. The molecule has 1 fully saturated rings. The summed E-state index contributed by atoms with van der Waals surface area (Å²) in [4.78, 5) is 10.5. The Kier molecular flexibility index (Phi) is 1.68. The van der Waals surface area contributed by atoms with E-state index >= 15 is 0 Å². The first kappa shape index (κ1) is 6.51. The van der Waals surface area contributed by atoms with Gasteiger partial charge in [0.1, 0.15) is 0 Å². The molecule has 0 aliphatic carbocycles. The maximum atomic E-state index is 10.5. The van der Waals surface area contributed by atoms with E-state index in [-0.39, 0.29) is 18.1 Å². The Morgan fingerprint density at radius 3 is 2.78 bits per heavy atom. The van der Waals surface area contributed by atoms with Crippen molar-refractivity contribution in [2.24, 2.45) is 5.73 Å². The SMILES string of the molecule is CC(N)C1NCC(=O)N1. The van der Waals surface area contributed by atoms with Crippen LogP contribution in [0, 0.1) is 0 Å². The molecule has 0 spiro atoms. The minimum atomic E-state index is -0.0301. The fourth-order valence-corrected chi connectivity index (χ4v) is 0.795. The van der Waals surface area contributed by atoms with Gasteiger partial charge in [-0.05, 0) is 6.92 Å². The van der Waals surface area contributed by atoms with Gasteiger partial charge in [0, 0.05) is 6.04 Å². The summed E-state index contributed by atoms with van der Waals surface area (Å²) in [6.45, 7) is 2.25. The predicted octanol–water partition coefficient (Wildman–Crippen LogP) is -1.62. The Hall–Kier alpha value is -0.610. The van der Waals surface area contributed by atoms with E-state index in [0.717, 1.165) is 0 Å². The highest BCUT2D eigenvalue weighted by Gasteiger charge is 2.21. The van der Waals surface area contributed by atoms with Crippen molar-refractivity contribution in [3.63, 3.8) is 0 Å². The van der Waals surface area contributed by atoms with Crippen LogP contribution >= 0.6 is 0 Å². The molecule has 4 N–H and O–H groups in total. The summed E-state index contributed by atoms with van der Waals surface area (Å²) >= 11 is 0. The predicted molar refractivity (Wildman–Crippen MR) is 33.6 cm³/mol. The normalized spacial score (nSPS) is 30.0. The van der Waals surface area contributed by atoms with Gasteiger partial charge >= 0.3 is 0 Å². The van der Waals surface area contributed by atoms with Crippen molar-refractivity contribution in [1.29, 1.82) is 0 Å². The van der Waals surface area contributed by atoms with Crippen molar-refractivity contribution in [1.82, 2.24) is 10.6 Å². The number of nitrogens with one attached hydrogen (secondary N) is 2. The van der Waals surface area contributed by atoms with Crippen LogP contribution in [-0.2, 0) is 4.79 Å². The number of hydrogen-bond acceptors (Lipinski definition) is 3. The zero-order valence-electron chi connectivity index (χ0n) is 5.35. The summed E-state index contributed by atoms with van der Waals surface area (Å²) in [6.07, 6.45) is -0.0301. The lowest BCUT2D eigenvalue weighted by Crippen LogP contribution is -2.46. The third-order valence-electron chi connectivity index (χ3n) is 1.32. The quantitative estimate of drug-likeness (QED) is 0.398. The lowest BCUT2D eigenvalue weighted by molar-refractivity contribution is -0.118. The van der Waals surface area contributed by atoms with Gasteiger partial charge in [-0.1, -0.05) is 0 Å². The molecule has 1 rings (SSSR count). The van der Waals surface area contributed by atoms with Gasteiger partial charge in [0.05, 0.1) is 12.7 Å². The van der Waals surface area contributed by atoms with Crippen LogP contribution in [0.25, 0.3) is 0 Å². The fraction of sp³-hybridized carbons (Fsp3) is 0.800. The fourth-order valence-electron chi connectivity index (χ4n) is 0.795. The third-order valence-corrected chi connectivity index (χ3v) is 1.32. The number of carbonyl (C=O) groups excluding carboxylic acids is 1. The molecule has 0 aromatic rings. The second-order valence-electron chi connectivity index (χ2n) is 2.29. The van der Waals surface area contributed by atoms with E-state index in [1.165, 1.54) is 0 Å². The molecule has 1 heterocycles. The largest absolute Gasteiger partial charge is 0.338 e. The average molecular weight is 129 g/mol. The van der Waals surface area contributed by atoms with Crippen molar-refractivity contribution < 1.29 is 4.79 Å². The van der Waals surface area contributed by atoms with Crippen LogP contribution < -0.4 is 16.4 Å². The van der Waals surface area contributed by atoms with E-state index in [0.29, 0.717) is 6.54 Å². The van der Waals surface area contributed by atoms with E-state index in [4.69, 9.17) is 5.73 Å². The van der Waals surface area contributed by atoms with Crippen molar-refractivity contribution in [3.8, 4) is 0 Å². The summed E-state index contributed by atoms with van der Waals surface area (Å²) in [5, 5.41) is 5.60. The van der Waals surface area contributed by atoms with E-state index in [1.807, 2.05) is 6.92 Å². The molecule has 0 saturated carbocycles. The van der Waals surface area contributed by atoms with Gasteiger partial charge in [-0.2, -0.15) is 0 Å². The lowest BCUT2D eigenvalue weighted by atomic mass is 10.3. The molecule has 2 atom stereocenters. The molecule has 0 bridgehead atoms. The second-order valence-corrected chi connectivity index (χ2v) is 2.29. The molecule has 52 valence electrons. The van der Waals surface area contributed by atoms with Crippen LogP contribution in [0.5, 0.6) is 0 Å². The first-order chi connectivity index (χ1) is 4.20. The maximum absolute atomic E-state index is 10.5. The highest BCUT2D eigenvalue weighted by molar-refractivity contribution is 5.80. The van der Waals surface area contributed by atoms with Crippen molar-refractivity contribution >= 4 is 5.91 Å². The third kappa shape index (κ3) is 1.40. The Balaban J connectivity index is 2.39. The smallest absolute Gasteiger partial charge is 0.235 e. The van der Waals surface area contributed by atoms with Crippen LogP contribution in [0.3, 0.4) is 0 Å². The molecular weight excluding hydrogens is 118 g/mol. The second kappa shape index (κ2) is 2.33. The zero-order valence-corrected chi connectivity index (χ0v) is 5.35. The molecule has 0 aromatic heterocycles. The van der Waals surface area contributed by atoms with Gasteiger partial charge in [0.15, 0.2) is 0 Å². The highest BCUT2D eigenvalue weighted by Crippen LogP contribution is 1.89. The van der Waals surface area contributed by atoms with Crippen LogP contribution in [0.1, 0.15) is 6.92 Å². The Bertz CT molecular complexity index is 123. The minimum Gasteiger partial charge on any atom is -0.338 e. The summed E-state index contributed by atoms with van der Waals surface area (Å²) in [5.74, 6) is 0.0253. The molecule has 0 radical (unpaired) electrons. The van der Waals surface area contributed by atoms with Gasteiger partial charge in [0.25, 0.3) is 0 Å². The molecule has 4 heteroatoms. The number of nitrogens with two attached hydrogens (primary N) is 1. The molecule has 1 aliphatic heterocycles. The first-order valence-electron chi connectivity index (χ1n) is 2.98. The minimum absolute atomic E-state index is 0.0172. The van der Waals surface area contributed by atoms with Gasteiger partial charge in [-0.15, -0.1) is 0 Å². The standard InChI is InChI=1S/C5H11N3O/c1-3(6)5-7-2-4(9)8-5/h3,5,7H,2,6H2,1H3,(H,8,9). The maximum Gasteiger partial charge on any atom is 0.235 e. The summed E-state index contributed by atoms with van der Waals surface area (Å²) in [7, 11) is 0. The molecule has 1 amide bonds. The highest BCUT2D eigenvalue weighted by atomic mass is 16.2. The van der Waals surface area contributed by atoms with Crippen molar-refractivity contribution in [2.75, 3.05) is 6.54 Å². The number of amides is 1. The van der Waals surface area contributed by atoms with E-state index in [1.54, 1.807) is 0 Å². The molecular formula is C5H11N3O. The van der Waals surface area contributed by atoms with Gasteiger partial charge in [-0.25, -0.2) is 0 Å². The van der Waals surface area contributed by atoms with Crippen LogP contribution in [0.4, 0.5) is 0 Å². The van der Waals surface area contributed by atoms with E-state index in [9.17, 15) is 4.79 Å². The van der Waals surface area contributed by atoms with Crippen LogP contribution in [0.2, 0.25) is 0 Å². The topological polar surface area (TPSA) is 67.1 Å². The van der Waals surface area contributed by atoms with Gasteiger partial charge < -0.3 is 11.1 Å². The summed E-state index contributed by atoms with van der Waals surface area (Å²) < 4.78 is 0. The van der Waals surface area contributed by atoms with Crippen LogP contribution in [0.15, 0.2) is 0 Å². The van der Waals surface area contributed by atoms with Crippen molar-refractivity contribution in [3.05, 3.63) is 0 Å². The Morgan fingerprint density at radius 1 is 1.89 bits per heavy atom. The molecule has 9 heavy (non-hydrogen) atoms. The number of carbonyl (C=O) groups is 1. The van der Waals surface area contributed by atoms with Gasteiger partial charge in [0.2, 0.25) is 5.91 Å². The zero-order chi connectivity index (χ0) is 6.85. The molecule has 4 nitrogen and oxygen atoms in total. The number of hydrogen-bond donors (Lipinski definition) is 3. The Labute approximate surface area is 53.8 Å². The van der Waals surface area contributed by atoms with Gasteiger partial charge in [-0.3, -0.25) is 10.1 Å². The number of rotatable bonds is 1. The summed E-state index contributed by atoms with van der Waals surface area (Å²) in [5.41, 5.74) is 5.48. The molecule has 0 aromatic carbocycles.